The normalized spacial score (nSPS) is 19.2. The zero-order chi connectivity index (χ0) is 43.4. The van der Waals surface area contributed by atoms with Crippen molar-refractivity contribution < 1.29 is 50.7 Å². The van der Waals surface area contributed by atoms with Crippen molar-refractivity contribution in [2.45, 2.75) is 76.4 Å². The summed E-state index contributed by atoms with van der Waals surface area (Å²) in [4.78, 5) is 73.8. The Balaban J connectivity index is 0.942. The third kappa shape index (κ3) is 10.6. The van der Waals surface area contributed by atoms with E-state index in [0.717, 1.165) is 30.2 Å². The molecular formula is C41H49ClF3N7O9. The fraction of sp³-hybridized carbons (Fsp3) is 0.537. The molecule has 0 bridgehead atoms. The number of nitrogen functional groups attached to an aromatic ring is 1. The Morgan fingerprint density at radius 3 is 2.28 bits per heavy atom. The van der Waals surface area contributed by atoms with Crippen molar-refractivity contribution in [1.29, 1.82) is 0 Å². The zero-order valence-electron chi connectivity index (χ0n) is 33.7. The summed E-state index contributed by atoms with van der Waals surface area (Å²) in [5.41, 5.74) is 5.73. The highest BCUT2D eigenvalue weighted by Gasteiger charge is 2.38. The van der Waals surface area contributed by atoms with Crippen molar-refractivity contribution in [1.82, 2.24) is 24.5 Å². The van der Waals surface area contributed by atoms with Crippen molar-refractivity contribution in [3.63, 3.8) is 0 Å². The Morgan fingerprint density at radius 2 is 1.61 bits per heavy atom. The predicted octanol–water partition coefficient (Wildman–Crippen LogP) is 4.75. The fourth-order valence-corrected chi connectivity index (χ4v) is 8.79. The third-order valence-electron chi connectivity index (χ3n) is 12.0. The highest BCUT2D eigenvalue weighted by molar-refractivity contribution is 6.33. The van der Waals surface area contributed by atoms with Crippen molar-refractivity contribution in [2.75, 3.05) is 76.5 Å². The highest BCUT2D eigenvalue weighted by atomic mass is 35.5. The molecule has 0 spiro atoms. The number of esters is 1. The van der Waals surface area contributed by atoms with Crippen LogP contribution in [0.3, 0.4) is 0 Å². The number of likely N-dealkylation sites (tertiary alicyclic amines) is 2. The number of nitrogens with two attached hydrogens (primary N) is 1. The molecule has 3 saturated heterocycles. The number of carbonyl (C=O) groups is 4. The van der Waals surface area contributed by atoms with Crippen molar-refractivity contribution in [3.8, 4) is 0 Å². The Bertz CT molecular complexity index is 2140. The Kier molecular flexibility index (Phi) is 13.5. The smallest absolute Gasteiger partial charge is 0.456 e. The van der Waals surface area contributed by atoms with E-state index in [1.807, 2.05) is 29.2 Å². The predicted molar refractivity (Wildman–Crippen MR) is 215 cm³/mol. The lowest BCUT2D eigenvalue weighted by atomic mass is 10.0. The number of alkyl halides is 3. The van der Waals surface area contributed by atoms with Crippen LogP contribution in [0.2, 0.25) is 5.02 Å². The van der Waals surface area contributed by atoms with Gasteiger partial charge in [0.15, 0.2) is 24.2 Å². The summed E-state index contributed by atoms with van der Waals surface area (Å²) in [6.45, 7) is 5.32. The van der Waals surface area contributed by atoms with Crippen LogP contribution in [-0.4, -0.2) is 132 Å². The summed E-state index contributed by atoms with van der Waals surface area (Å²) in [5, 5.41) is 2.64. The molecule has 5 heterocycles. The molecule has 3 fully saturated rings. The number of hydrogen-bond acceptors (Lipinski definition) is 12. The van der Waals surface area contributed by atoms with Crippen LogP contribution in [0.4, 0.5) is 34.1 Å². The number of urea groups is 1. The molecule has 16 nitrogen and oxygen atoms in total. The van der Waals surface area contributed by atoms with E-state index in [0.29, 0.717) is 65.1 Å². The van der Waals surface area contributed by atoms with Gasteiger partial charge in [-0.05, 0) is 68.4 Å². The molecule has 4 amide bonds. The summed E-state index contributed by atoms with van der Waals surface area (Å²) < 4.78 is 62.6. The number of piperidine rings is 2. The molecule has 2 aromatic carbocycles. The van der Waals surface area contributed by atoms with E-state index in [9.17, 15) is 37.1 Å². The van der Waals surface area contributed by atoms with Gasteiger partial charge >= 0.3 is 30.1 Å². The maximum atomic E-state index is 14.2. The van der Waals surface area contributed by atoms with Crippen LogP contribution in [0.1, 0.15) is 53.9 Å². The molecule has 0 radical (unpaired) electrons. The van der Waals surface area contributed by atoms with Gasteiger partial charge < -0.3 is 44.1 Å². The van der Waals surface area contributed by atoms with Crippen LogP contribution in [0.15, 0.2) is 50.0 Å². The van der Waals surface area contributed by atoms with E-state index in [1.165, 1.54) is 11.0 Å². The second kappa shape index (κ2) is 18.8. The molecule has 330 valence electrons. The molecule has 0 unspecified atom stereocenters. The number of halogens is 4. The third-order valence-corrected chi connectivity index (χ3v) is 12.3. The number of amides is 4. The molecule has 0 saturated carbocycles. The quantitative estimate of drug-likeness (QED) is 0.211. The number of hydrogen-bond donors (Lipinski definition) is 2. The molecule has 61 heavy (non-hydrogen) atoms. The fourth-order valence-electron chi connectivity index (χ4n) is 8.55. The first-order valence-electron chi connectivity index (χ1n) is 20.4. The van der Waals surface area contributed by atoms with Gasteiger partial charge in [-0.25, -0.2) is 14.4 Å². The van der Waals surface area contributed by atoms with Crippen LogP contribution in [0.5, 0.6) is 0 Å². The number of benzene rings is 2. The topological polar surface area (TPSA) is 184 Å². The van der Waals surface area contributed by atoms with Gasteiger partial charge in [0.05, 0.1) is 22.8 Å². The lowest BCUT2D eigenvalue weighted by Gasteiger charge is -2.43. The number of rotatable bonds is 10. The average Bonchev–Trinajstić information content (AvgIpc) is 3.46. The Labute approximate surface area is 354 Å². The van der Waals surface area contributed by atoms with E-state index in [1.54, 1.807) is 16.7 Å². The SMILES string of the molecule is Cc1oc(=O)oc1COC(=O)CN1CCC(N2CCN(C(=O)[C@@H](Cc3cc(Cl)c(N)c(C(F)(F)F)c3)OC(=O)N3CCC(N4CCc5ccccc5NC4=O)CC3)CC2)CC1. The van der Waals surface area contributed by atoms with Gasteiger partial charge in [0.2, 0.25) is 0 Å². The Hall–Kier alpha value is -5.27. The number of nitrogens with one attached hydrogen (secondary N) is 1. The van der Waals surface area contributed by atoms with Crippen LogP contribution >= 0.6 is 11.6 Å². The monoisotopic (exact) mass is 875 g/mol. The van der Waals surface area contributed by atoms with E-state index >= 15 is 0 Å². The van der Waals surface area contributed by atoms with E-state index in [-0.39, 0.29) is 72.9 Å². The first-order valence-corrected chi connectivity index (χ1v) is 20.8. The summed E-state index contributed by atoms with van der Waals surface area (Å²) >= 11 is 6.14. The standard InChI is InChI=1S/C41H49ClF3N7O9/c1-25-34(61-40(57)59-25)24-58-35(53)23-48-11-7-28(8-12-48)49-16-18-50(19-17-49)37(54)33(22-26-20-30(41(43,44)45)36(46)31(42)21-26)60-39(56)51-13-9-29(10-14-51)52-15-6-27-4-2-3-5-32(27)47-38(52)55/h2-5,20-21,28-29,33H,6-19,22-24,46H2,1H3,(H,47,55)/t33-/m1/s1. The minimum Gasteiger partial charge on any atom is -0.456 e. The van der Waals surface area contributed by atoms with Crippen LogP contribution in [0.25, 0.3) is 0 Å². The molecule has 1 atom stereocenters. The molecular weight excluding hydrogens is 827 g/mol. The molecule has 20 heteroatoms. The molecule has 0 aliphatic carbocycles. The first-order chi connectivity index (χ1) is 29.1. The van der Waals surface area contributed by atoms with Crippen LogP contribution in [-0.2, 0) is 44.7 Å². The van der Waals surface area contributed by atoms with Gasteiger partial charge in [0.25, 0.3) is 5.91 Å². The number of anilines is 2. The van der Waals surface area contributed by atoms with Gasteiger partial charge in [0.1, 0.15) is 0 Å². The van der Waals surface area contributed by atoms with E-state index < -0.39 is 47.3 Å². The second-order valence-corrected chi connectivity index (χ2v) is 16.2. The molecule has 4 aliphatic rings. The summed E-state index contributed by atoms with van der Waals surface area (Å²) in [5.74, 6) is -1.44. The number of aryl methyl sites for hydroxylation is 1. The lowest BCUT2D eigenvalue weighted by Crippen LogP contribution is -2.57. The van der Waals surface area contributed by atoms with Gasteiger partial charge in [-0.15, -0.1) is 0 Å². The number of carbonyl (C=O) groups excluding carboxylic acids is 4. The van der Waals surface area contributed by atoms with Crippen molar-refractivity contribution in [2.24, 2.45) is 0 Å². The number of fused-ring (bicyclic) bond motifs is 1. The van der Waals surface area contributed by atoms with Crippen LogP contribution in [0, 0.1) is 6.92 Å². The maximum absolute atomic E-state index is 14.2. The lowest BCUT2D eigenvalue weighted by molar-refractivity contribution is -0.147. The molecule has 7 rings (SSSR count). The molecule has 4 aliphatic heterocycles. The minimum atomic E-state index is -4.81. The van der Waals surface area contributed by atoms with Gasteiger partial charge in [0, 0.05) is 83.1 Å². The Morgan fingerprint density at radius 1 is 0.918 bits per heavy atom. The average molecular weight is 876 g/mol. The van der Waals surface area contributed by atoms with Gasteiger partial charge in [-0.2, -0.15) is 13.2 Å². The number of piperazine rings is 1. The number of para-hydroxylation sites is 1. The van der Waals surface area contributed by atoms with Crippen molar-refractivity contribution in [3.05, 3.63) is 80.2 Å². The summed E-state index contributed by atoms with van der Waals surface area (Å²) in [6, 6.07) is 9.55. The number of nitrogens with zero attached hydrogens (tertiary/aromatic N) is 5. The first kappa shape index (κ1) is 43.8. The van der Waals surface area contributed by atoms with E-state index in [2.05, 4.69) is 10.2 Å². The van der Waals surface area contributed by atoms with Crippen LogP contribution < -0.4 is 16.9 Å². The second-order valence-electron chi connectivity index (χ2n) is 15.8. The maximum Gasteiger partial charge on any atom is 0.519 e. The minimum absolute atomic E-state index is 0.0297. The highest BCUT2D eigenvalue weighted by Crippen LogP contribution is 2.38. The summed E-state index contributed by atoms with van der Waals surface area (Å²) in [7, 11) is 0. The molecule has 1 aromatic heterocycles. The number of ether oxygens (including phenoxy) is 2. The molecule has 3 aromatic rings. The summed E-state index contributed by atoms with van der Waals surface area (Å²) in [6.07, 6.45) is -4.26. The van der Waals surface area contributed by atoms with Gasteiger partial charge in [-0.1, -0.05) is 29.8 Å². The molecule has 3 N–H and O–H groups in total. The van der Waals surface area contributed by atoms with Crippen molar-refractivity contribution >= 4 is 47.0 Å². The largest absolute Gasteiger partial charge is 0.519 e. The van der Waals surface area contributed by atoms with E-state index in [4.69, 9.17) is 35.6 Å². The van der Waals surface area contributed by atoms with Gasteiger partial charge in [-0.3, -0.25) is 19.4 Å². The zero-order valence-corrected chi connectivity index (χ0v) is 34.5.